The molecule has 2 atom stereocenters. The molecule has 2 aromatic rings. The maximum Gasteiger partial charge on any atom is 0.255 e. The van der Waals surface area contributed by atoms with Crippen LogP contribution in [0.25, 0.3) is 0 Å². The lowest BCUT2D eigenvalue weighted by molar-refractivity contribution is 0.0342. The second kappa shape index (κ2) is 8.33. The Hall–Kier alpha value is -2.37. The van der Waals surface area contributed by atoms with E-state index in [1.807, 2.05) is 25.1 Å². The van der Waals surface area contributed by atoms with Gasteiger partial charge in [0.1, 0.15) is 11.9 Å². The lowest BCUT2D eigenvalue weighted by atomic mass is 9.97. The fourth-order valence-corrected chi connectivity index (χ4v) is 3.82. The first kappa shape index (κ1) is 19.0. The van der Waals surface area contributed by atoms with Gasteiger partial charge in [-0.25, -0.2) is 0 Å². The minimum atomic E-state index is -0.0875. The number of benzene rings is 2. The number of ether oxygens (including phenoxy) is 2. The van der Waals surface area contributed by atoms with Crippen molar-refractivity contribution in [1.29, 1.82) is 0 Å². The molecule has 0 aromatic heterocycles. The van der Waals surface area contributed by atoms with Crippen LogP contribution in [0, 0.1) is 0 Å². The van der Waals surface area contributed by atoms with Gasteiger partial charge in [-0.3, -0.25) is 9.69 Å². The minimum absolute atomic E-state index is 0.0875. The van der Waals surface area contributed by atoms with Crippen LogP contribution in [0.5, 0.6) is 5.75 Å². The highest BCUT2D eigenvalue weighted by Crippen LogP contribution is 2.40. The average molecular weight is 380 g/mol. The summed E-state index contributed by atoms with van der Waals surface area (Å²) in [5.74, 6) is 0.957. The number of hydrogen-bond donors (Lipinski definition) is 1. The predicted octanol–water partition coefficient (Wildman–Crippen LogP) is 3.33. The zero-order chi connectivity index (χ0) is 19.5. The summed E-state index contributed by atoms with van der Waals surface area (Å²) in [6.07, 6.45) is 0.1000. The van der Waals surface area contributed by atoms with Crippen molar-refractivity contribution in [3.8, 4) is 5.75 Å². The molecule has 2 unspecified atom stereocenters. The van der Waals surface area contributed by atoms with E-state index < -0.39 is 0 Å². The van der Waals surface area contributed by atoms with Crippen LogP contribution in [0.1, 0.15) is 46.8 Å². The molecule has 2 heterocycles. The smallest absolute Gasteiger partial charge is 0.255 e. The van der Waals surface area contributed by atoms with Gasteiger partial charge in [-0.2, -0.15) is 0 Å². The monoisotopic (exact) mass is 380 g/mol. The number of morpholine rings is 1. The predicted molar refractivity (Wildman–Crippen MR) is 109 cm³/mol. The lowest BCUT2D eigenvalue weighted by Gasteiger charge is -2.26. The minimum Gasteiger partial charge on any atom is -0.489 e. The standard InChI is InChI=1S/C23H28N2O3/c1-16-17(2)28-22-20(16)4-3-5-21(22)23(26)24-14-18-6-8-19(9-7-18)15-25-10-12-27-13-11-25/h3-9,16-17H,10-15H2,1-2H3,(H,24,26). The highest BCUT2D eigenvalue weighted by molar-refractivity contribution is 5.97. The van der Waals surface area contributed by atoms with E-state index in [0.29, 0.717) is 18.0 Å². The molecular weight excluding hydrogens is 352 g/mol. The summed E-state index contributed by atoms with van der Waals surface area (Å²) in [6, 6.07) is 14.3. The Balaban J connectivity index is 1.35. The van der Waals surface area contributed by atoms with Crippen LogP contribution in [0.2, 0.25) is 0 Å². The van der Waals surface area contributed by atoms with Crippen molar-refractivity contribution >= 4 is 5.91 Å². The first-order valence-corrected chi connectivity index (χ1v) is 10.1. The topological polar surface area (TPSA) is 50.8 Å². The van der Waals surface area contributed by atoms with E-state index in [1.165, 1.54) is 5.56 Å². The molecule has 5 heteroatoms. The van der Waals surface area contributed by atoms with Crippen LogP contribution in [-0.4, -0.2) is 43.2 Å². The van der Waals surface area contributed by atoms with Crippen LogP contribution >= 0.6 is 0 Å². The fourth-order valence-electron chi connectivity index (χ4n) is 3.82. The van der Waals surface area contributed by atoms with Crippen LogP contribution < -0.4 is 10.1 Å². The number of fused-ring (bicyclic) bond motifs is 1. The normalized spacial score (nSPS) is 21.8. The van der Waals surface area contributed by atoms with Crippen LogP contribution in [0.4, 0.5) is 0 Å². The van der Waals surface area contributed by atoms with Gasteiger partial charge in [-0.05, 0) is 24.1 Å². The molecule has 1 saturated heterocycles. The molecule has 1 N–H and O–H groups in total. The highest BCUT2D eigenvalue weighted by atomic mass is 16.5. The molecule has 0 saturated carbocycles. The van der Waals surface area contributed by atoms with Crippen molar-refractivity contribution in [2.45, 2.75) is 39.0 Å². The third kappa shape index (κ3) is 4.05. The van der Waals surface area contributed by atoms with Crippen molar-refractivity contribution in [2.75, 3.05) is 26.3 Å². The van der Waals surface area contributed by atoms with E-state index >= 15 is 0 Å². The SMILES string of the molecule is CC1Oc2c(C(=O)NCc3ccc(CN4CCOCC4)cc3)cccc2C1C. The molecule has 0 spiro atoms. The zero-order valence-corrected chi connectivity index (χ0v) is 16.6. The number of nitrogens with one attached hydrogen (secondary N) is 1. The van der Waals surface area contributed by atoms with Gasteiger partial charge in [0, 0.05) is 37.7 Å². The first-order chi connectivity index (χ1) is 13.6. The van der Waals surface area contributed by atoms with Gasteiger partial charge in [-0.1, -0.05) is 43.3 Å². The Labute approximate surface area is 166 Å². The number of amides is 1. The summed E-state index contributed by atoms with van der Waals surface area (Å²) < 4.78 is 11.3. The maximum atomic E-state index is 12.7. The molecule has 0 bridgehead atoms. The van der Waals surface area contributed by atoms with Crippen LogP contribution in [0.3, 0.4) is 0 Å². The molecule has 1 amide bonds. The molecular formula is C23H28N2O3. The Morgan fingerprint density at radius 2 is 1.79 bits per heavy atom. The van der Waals surface area contributed by atoms with Crippen LogP contribution in [0.15, 0.2) is 42.5 Å². The van der Waals surface area contributed by atoms with Gasteiger partial charge < -0.3 is 14.8 Å². The molecule has 1 fully saturated rings. The second-order valence-electron chi connectivity index (χ2n) is 7.72. The summed E-state index contributed by atoms with van der Waals surface area (Å²) >= 11 is 0. The Morgan fingerprint density at radius 1 is 1.07 bits per heavy atom. The highest BCUT2D eigenvalue weighted by Gasteiger charge is 2.30. The third-order valence-electron chi connectivity index (χ3n) is 5.77. The third-order valence-corrected chi connectivity index (χ3v) is 5.77. The van der Waals surface area contributed by atoms with Gasteiger partial charge in [0.25, 0.3) is 5.91 Å². The fraction of sp³-hybridized carbons (Fsp3) is 0.435. The summed E-state index contributed by atoms with van der Waals surface area (Å²) in [6.45, 7) is 9.23. The van der Waals surface area contributed by atoms with E-state index in [1.54, 1.807) is 0 Å². The summed E-state index contributed by atoms with van der Waals surface area (Å²) in [4.78, 5) is 15.1. The molecule has 148 valence electrons. The van der Waals surface area contributed by atoms with Crippen molar-refractivity contribution in [1.82, 2.24) is 10.2 Å². The Morgan fingerprint density at radius 3 is 2.54 bits per heavy atom. The van der Waals surface area contributed by atoms with Crippen LogP contribution in [-0.2, 0) is 17.8 Å². The molecule has 2 aliphatic rings. The van der Waals surface area contributed by atoms with Gasteiger partial charge in [0.15, 0.2) is 0 Å². The molecule has 0 radical (unpaired) electrons. The second-order valence-corrected chi connectivity index (χ2v) is 7.72. The molecule has 5 nitrogen and oxygen atoms in total. The largest absolute Gasteiger partial charge is 0.489 e. The number of rotatable bonds is 5. The first-order valence-electron chi connectivity index (χ1n) is 10.1. The molecule has 2 aliphatic heterocycles. The number of nitrogens with zero attached hydrogens (tertiary/aromatic N) is 1. The van der Waals surface area contributed by atoms with Gasteiger partial charge in [0.05, 0.1) is 18.8 Å². The molecule has 0 aliphatic carbocycles. The van der Waals surface area contributed by atoms with Gasteiger partial charge in [0.2, 0.25) is 0 Å². The van der Waals surface area contributed by atoms with E-state index in [-0.39, 0.29) is 12.0 Å². The van der Waals surface area contributed by atoms with Crippen molar-refractivity contribution in [3.05, 3.63) is 64.7 Å². The van der Waals surface area contributed by atoms with Crippen molar-refractivity contribution < 1.29 is 14.3 Å². The average Bonchev–Trinajstić information content (AvgIpc) is 3.02. The molecule has 28 heavy (non-hydrogen) atoms. The van der Waals surface area contributed by atoms with Crippen molar-refractivity contribution in [3.63, 3.8) is 0 Å². The summed E-state index contributed by atoms with van der Waals surface area (Å²) in [5.41, 5.74) is 4.12. The maximum absolute atomic E-state index is 12.7. The zero-order valence-electron chi connectivity index (χ0n) is 16.6. The van der Waals surface area contributed by atoms with E-state index in [2.05, 4.69) is 41.4 Å². The van der Waals surface area contributed by atoms with E-state index in [4.69, 9.17) is 9.47 Å². The van der Waals surface area contributed by atoms with E-state index in [9.17, 15) is 4.79 Å². The summed E-state index contributed by atoms with van der Waals surface area (Å²) in [7, 11) is 0. The molecule has 2 aromatic carbocycles. The Kier molecular flexibility index (Phi) is 5.64. The Bertz CT molecular complexity index is 828. The molecule has 4 rings (SSSR count). The van der Waals surface area contributed by atoms with Gasteiger partial charge in [-0.15, -0.1) is 0 Å². The van der Waals surface area contributed by atoms with E-state index in [0.717, 1.165) is 49.7 Å². The number of carbonyl (C=O) groups is 1. The van der Waals surface area contributed by atoms with Gasteiger partial charge >= 0.3 is 0 Å². The lowest BCUT2D eigenvalue weighted by Crippen LogP contribution is -2.35. The number of para-hydroxylation sites is 1. The summed E-state index contributed by atoms with van der Waals surface area (Å²) in [5, 5.41) is 3.03. The van der Waals surface area contributed by atoms with Crippen molar-refractivity contribution in [2.24, 2.45) is 0 Å². The quantitative estimate of drug-likeness (QED) is 0.864. The number of hydrogen-bond acceptors (Lipinski definition) is 4. The number of carbonyl (C=O) groups excluding carboxylic acids is 1.